The highest BCUT2D eigenvalue weighted by molar-refractivity contribution is 6.31. The van der Waals surface area contributed by atoms with E-state index in [0.29, 0.717) is 17.2 Å². The van der Waals surface area contributed by atoms with Crippen LogP contribution in [0.25, 0.3) is 0 Å². The summed E-state index contributed by atoms with van der Waals surface area (Å²) in [5, 5.41) is 7.83. The van der Waals surface area contributed by atoms with Gasteiger partial charge in [0.15, 0.2) is 5.15 Å². The first-order valence-electron chi connectivity index (χ1n) is 6.95. The summed E-state index contributed by atoms with van der Waals surface area (Å²) in [7, 11) is 0. The molecule has 4 heteroatoms. The van der Waals surface area contributed by atoms with E-state index in [-0.39, 0.29) is 0 Å². The van der Waals surface area contributed by atoms with Crippen molar-refractivity contribution in [3.63, 3.8) is 0 Å². The smallest absolute Gasteiger partial charge is 0.152 e. The van der Waals surface area contributed by atoms with Crippen LogP contribution in [0.15, 0.2) is 18.3 Å². The first-order valence-corrected chi connectivity index (χ1v) is 7.33. The maximum atomic E-state index is 6.12. The van der Waals surface area contributed by atoms with E-state index >= 15 is 0 Å². The number of nitrogens with zero attached hydrogens (tertiary/aromatic N) is 1. The number of hydrogen-bond acceptors (Lipinski definition) is 3. The van der Waals surface area contributed by atoms with E-state index in [0.717, 1.165) is 11.6 Å². The Hall–Kier alpha value is -0.800. The Bertz CT molecular complexity index is 404. The minimum absolute atomic E-state index is 0.544. The largest absolute Gasteiger partial charge is 0.379 e. The molecule has 3 unspecified atom stereocenters. The lowest BCUT2D eigenvalue weighted by Gasteiger charge is -2.27. The van der Waals surface area contributed by atoms with E-state index in [9.17, 15) is 0 Å². The third kappa shape index (κ3) is 2.47. The van der Waals surface area contributed by atoms with Crippen molar-refractivity contribution in [2.75, 3.05) is 11.9 Å². The van der Waals surface area contributed by atoms with E-state index in [1.165, 1.54) is 38.6 Å². The molecule has 0 aromatic carbocycles. The summed E-state index contributed by atoms with van der Waals surface area (Å²) < 4.78 is 0. The molecule has 1 aliphatic carbocycles. The number of halogens is 1. The van der Waals surface area contributed by atoms with Crippen LogP contribution in [-0.2, 0) is 0 Å². The number of hydrogen-bond donors (Lipinski definition) is 2. The quantitative estimate of drug-likeness (QED) is 0.825. The number of nitrogens with one attached hydrogen (secondary N) is 2. The SMILES string of the molecule is Clc1ncccc1NC1CCCC1C1CCCN1. The molecule has 0 amide bonds. The molecule has 0 bridgehead atoms. The van der Waals surface area contributed by atoms with Crippen LogP contribution < -0.4 is 10.6 Å². The predicted molar refractivity (Wildman–Crippen MR) is 75.0 cm³/mol. The first-order chi connectivity index (χ1) is 8.84. The topological polar surface area (TPSA) is 37.0 Å². The maximum Gasteiger partial charge on any atom is 0.152 e. The van der Waals surface area contributed by atoms with E-state index < -0.39 is 0 Å². The normalized spacial score (nSPS) is 31.7. The first kappa shape index (κ1) is 12.2. The molecule has 1 saturated heterocycles. The minimum atomic E-state index is 0.544. The highest BCUT2D eigenvalue weighted by Gasteiger charge is 2.35. The third-order valence-corrected chi connectivity index (χ3v) is 4.59. The maximum absolute atomic E-state index is 6.12. The summed E-state index contributed by atoms with van der Waals surface area (Å²) >= 11 is 6.12. The summed E-state index contributed by atoms with van der Waals surface area (Å²) in [5.41, 5.74) is 0.981. The van der Waals surface area contributed by atoms with Gasteiger partial charge in [-0.3, -0.25) is 0 Å². The van der Waals surface area contributed by atoms with E-state index in [2.05, 4.69) is 15.6 Å². The molecule has 18 heavy (non-hydrogen) atoms. The van der Waals surface area contributed by atoms with Gasteiger partial charge in [-0.1, -0.05) is 18.0 Å². The van der Waals surface area contributed by atoms with E-state index in [1.807, 2.05) is 12.1 Å². The molecule has 3 atom stereocenters. The molecule has 2 fully saturated rings. The molecule has 0 spiro atoms. The van der Waals surface area contributed by atoms with Crippen LogP contribution in [-0.4, -0.2) is 23.6 Å². The summed E-state index contributed by atoms with van der Waals surface area (Å²) in [6, 6.07) is 5.20. The molecular weight excluding hydrogens is 246 g/mol. The van der Waals surface area contributed by atoms with Gasteiger partial charge in [0.05, 0.1) is 5.69 Å². The second-order valence-corrected chi connectivity index (χ2v) is 5.75. The molecule has 0 radical (unpaired) electrons. The van der Waals surface area contributed by atoms with Crippen molar-refractivity contribution in [1.29, 1.82) is 0 Å². The number of aromatic nitrogens is 1. The van der Waals surface area contributed by atoms with Crippen LogP contribution in [0.5, 0.6) is 0 Å². The van der Waals surface area contributed by atoms with Crippen molar-refractivity contribution in [3.8, 4) is 0 Å². The van der Waals surface area contributed by atoms with Crippen LogP contribution in [0.2, 0.25) is 5.15 Å². The van der Waals surface area contributed by atoms with Crippen molar-refractivity contribution in [2.24, 2.45) is 5.92 Å². The van der Waals surface area contributed by atoms with Gasteiger partial charge in [-0.15, -0.1) is 0 Å². The van der Waals surface area contributed by atoms with Crippen LogP contribution in [0.1, 0.15) is 32.1 Å². The van der Waals surface area contributed by atoms with Gasteiger partial charge in [-0.25, -0.2) is 4.98 Å². The van der Waals surface area contributed by atoms with Crippen molar-refractivity contribution in [1.82, 2.24) is 10.3 Å². The van der Waals surface area contributed by atoms with Gasteiger partial charge in [0, 0.05) is 18.3 Å². The molecule has 2 aliphatic rings. The molecule has 1 aromatic rings. The van der Waals surface area contributed by atoms with Gasteiger partial charge in [0.25, 0.3) is 0 Å². The molecule has 3 nitrogen and oxygen atoms in total. The second kappa shape index (κ2) is 5.45. The van der Waals surface area contributed by atoms with Gasteiger partial charge in [0.1, 0.15) is 0 Å². The third-order valence-electron chi connectivity index (χ3n) is 4.28. The fourth-order valence-corrected chi connectivity index (χ4v) is 3.59. The number of anilines is 1. The number of pyridine rings is 1. The standard InChI is InChI=1S/C14H20ClN3/c15-14-13(7-3-9-17-14)18-12-5-1-4-10(12)11-6-2-8-16-11/h3,7,9-12,16,18H,1-2,4-6,8H2. The molecule has 2 heterocycles. The lowest BCUT2D eigenvalue weighted by molar-refractivity contribution is 0.376. The molecule has 1 aromatic heterocycles. The lowest BCUT2D eigenvalue weighted by atomic mass is 9.93. The molecule has 1 saturated carbocycles. The zero-order valence-electron chi connectivity index (χ0n) is 10.5. The predicted octanol–water partition coefficient (Wildman–Crippen LogP) is 3.07. The van der Waals surface area contributed by atoms with Crippen LogP contribution in [0.3, 0.4) is 0 Å². The Balaban J connectivity index is 1.69. The van der Waals surface area contributed by atoms with Crippen molar-refractivity contribution >= 4 is 17.3 Å². The highest BCUT2D eigenvalue weighted by atomic mass is 35.5. The Kier molecular flexibility index (Phi) is 3.71. The zero-order chi connectivity index (χ0) is 12.4. The fraction of sp³-hybridized carbons (Fsp3) is 0.643. The Morgan fingerprint density at radius 3 is 3.00 bits per heavy atom. The molecular formula is C14H20ClN3. The minimum Gasteiger partial charge on any atom is -0.379 e. The highest BCUT2D eigenvalue weighted by Crippen LogP contribution is 2.34. The van der Waals surface area contributed by atoms with E-state index in [1.54, 1.807) is 6.20 Å². The van der Waals surface area contributed by atoms with E-state index in [4.69, 9.17) is 11.6 Å². The zero-order valence-corrected chi connectivity index (χ0v) is 11.3. The van der Waals surface area contributed by atoms with Crippen molar-refractivity contribution in [3.05, 3.63) is 23.5 Å². The van der Waals surface area contributed by atoms with Gasteiger partial charge in [-0.2, -0.15) is 0 Å². The molecule has 1 aliphatic heterocycles. The lowest BCUT2D eigenvalue weighted by Crippen LogP contribution is -2.38. The van der Waals surface area contributed by atoms with Gasteiger partial charge < -0.3 is 10.6 Å². The second-order valence-electron chi connectivity index (χ2n) is 5.39. The summed E-state index contributed by atoms with van der Waals surface area (Å²) in [6.45, 7) is 1.18. The molecule has 98 valence electrons. The Morgan fingerprint density at radius 1 is 1.28 bits per heavy atom. The van der Waals surface area contributed by atoms with Gasteiger partial charge in [0.2, 0.25) is 0 Å². The summed E-state index contributed by atoms with van der Waals surface area (Å²) in [4.78, 5) is 4.13. The molecule has 2 N–H and O–H groups in total. The summed E-state index contributed by atoms with van der Waals surface area (Å²) in [6.07, 6.45) is 8.27. The van der Waals surface area contributed by atoms with Gasteiger partial charge >= 0.3 is 0 Å². The monoisotopic (exact) mass is 265 g/mol. The average molecular weight is 266 g/mol. The Morgan fingerprint density at radius 2 is 2.22 bits per heavy atom. The van der Waals surface area contributed by atoms with Crippen molar-refractivity contribution in [2.45, 2.75) is 44.2 Å². The van der Waals surface area contributed by atoms with Gasteiger partial charge in [-0.05, 0) is 50.3 Å². The van der Waals surface area contributed by atoms with Crippen molar-refractivity contribution < 1.29 is 0 Å². The fourth-order valence-electron chi connectivity index (χ4n) is 3.42. The van der Waals surface area contributed by atoms with Crippen LogP contribution in [0.4, 0.5) is 5.69 Å². The number of rotatable bonds is 3. The van der Waals surface area contributed by atoms with Crippen LogP contribution >= 0.6 is 11.6 Å². The van der Waals surface area contributed by atoms with Crippen LogP contribution in [0, 0.1) is 5.92 Å². The average Bonchev–Trinajstić information content (AvgIpc) is 3.02. The summed E-state index contributed by atoms with van der Waals surface area (Å²) in [5.74, 6) is 0.740. The molecule has 3 rings (SSSR count). The Labute approximate surface area is 113 Å².